The van der Waals surface area contributed by atoms with Crippen LogP contribution in [0, 0.1) is 0 Å². The zero-order valence-electron chi connectivity index (χ0n) is 13.2. The van der Waals surface area contributed by atoms with Crippen molar-refractivity contribution >= 4 is 5.97 Å². The van der Waals surface area contributed by atoms with Crippen molar-refractivity contribution in [2.75, 3.05) is 73.1 Å². The molecule has 0 atom stereocenters. The summed E-state index contributed by atoms with van der Waals surface area (Å²) in [7, 11) is 1.84. The van der Waals surface area contributed by atoms with Gasteiger partial charge in [-0.2, -0.15) is 13.2 Å². The molecule has 0 rings (SSSR count). The summed E-state index contributed by atoms with van der Waals surface area (Å²) in [5.41, 5.74) is 0. The number of likely N-dealkylation sites (N-methyl/N-ethyl adjacent to an activating group) is 1. The molecule has 0 spiro atoms. The molecule has 10 heteroatoms. The fraction of sp³-hybridized carbons (Fsp3) is 0.923. The number of carbonyl (C=O) groups is 1. The van der Waals surface area contributed by atoms with Gasteiger partial charge in [0.15, 0.2) is 0 Å². The molecule has 0 saturated carbocycles. The molecule has 0 saturated heterocycles. The van der Waals surface area contributed by atoms with E-state index in [2.05, 4.69) is 10.1 Å². The topological polar surface area (TPSA) is 75.2 Å². The average molecular weight is 347 g/mol. The zero-order chi connectivity index (χ0) is 17.4. The van der Waals surface area contributed by atoms with E-state index in [1.807, 2.05) is 7.05 Å². The Bertz CT molecular complexity index is 291. The van der Waals surface area contributed by atoms with E-state index in [-0.39, 0.29) is 19.8 Å². The highest BCUT2D eigenvalue weighted by Gasteiger charge is 2.40. The van der Waals surface area contributed by atoms with E-state index in [0.717, 1.165) is 6.54 Å². The molecule has 0 bridgehead atoms. The van der Waals surface area contributed by atoms with Gasteiger partial charge in [-0.1, -0.05) is 0 Å². The van der Waals surface area contributed by atoms with Crippen molar-refractivity contribution in [1.82, 2.24) is 5.32 Å². The first-order valence-corrected chi connectivity index (χ1v) is 7.18. The molecule has 0 aliphatic rings. The van der Waals surface area contributed by atoms with Crippen molar-refractivity contribution in [3.63, 3.8) is 0 Å². The van der Waals surface area contributed by atoms with Gasteiger partial charge in [-0.05, 0) is 7.05 Å². The number of hydrogen-bond acceptors (Lipinski definition) is 7. The van der Waals surface area contributed by atoms with E-state index in [0.29, 0.717) is 33.0 Å². The summed E-state index contributed by atoms with van der Waals surface area (Å²) in [6.45, 7) is 3.11. The number of carbonyl (C=O) groups excluding carboxylic acids is 1. The highest BCUT2D eigenvalue weighted by atomic mass is 19.4. The van der Waals surface area contributed by atoms with Gasteiger partial charge in [0.25, 0.3) is 0 Å². The van der Waals surface area contributed by atoms with Gasteiger partial charge in [-0.25, -0.2) is 4.79 Å². The summed E-state index contributed by atoms with van der Waals surface area (Å²) in [5.74, 6) is -2.22. The second-order valence-corrected chi connectivity index (χ2v) is 4.19. The second kappa shape index (κ2) is 14.6. The second-order valence-electron chi connectivity index (χ2n) is 4.19. The van der Waals surface area contributed by atoms with Gasteiger partial charge in [0.05, 0.1) is 52.9 Å². The monoisotopic (exact) mass is 347 g/mol. The molecule has 23 heavy (non-hydrogen) atoms. The Hall–Kier alpha value is -0.940. The number of hydrogen-bond donors (Lipinski definition) is 1. The van der Waals surface area contributed by atoms with Crippen LogP contribution in [0.15, 0.2) is 0 Å². The Morgan fingerprint density at radius 3 is 1.57 bits per heavy atom. The Morgan fingerprint density at radius 1 is 0.783 bits per heavy atom. The Balaban J connectivity index is 3.12. The summed E-state index contributed by atoms with van der Waals surface area (Å²) in [4.78, 5) is 10.3. The van der Waals surface area contributed by atoms with Gasteiger partial charge in [0.2, 0.25) is 0 Å². The van der Waals surface area contributed by atoms with Gasteiger partial charge in [0, 0.05) is 6.54 Å². The number of esters is 1. The summed E-state index contributed by atoms with van der Waals surface area (Å²) in [6.07, 6.45) is -4.97. The van der Waals surface area contributed by atoms with Crippen LogP contribution < -0.4 is 5.32 Å². The predicted molar refractivity (Wildman–Crippen MR) is 74.2 cm³/mol. The summed E-state index contributed by atoms with van der Waals surface area (Å²) in [5, 5.41) is 2.95. The average Bonchev–Trinajstić information content (AvgIpc) is 2.50. The zero-order valence-corrected chi connectivity index (χ0v) is 13.2. The van der Waals surface area contributed by atoms with E-state index >= 15 is 0 Å². The molecule has 0 aromatic rings. The minimum Gasteiger partial charge on any atom is -0.457 e. The molecule has 0 amide bonds. The lowest BCUT2D eigenvalue weighted by Gasteiger charge is -2.08. The van der Waals surface area contributed by atoms with Crippen LogP contribution in [0.4, 0.5) is 13.2 Å². The fourth-order valence-electron chi connectivity index (χ4n) is 1.21. The summed E-state index contributed by atoms with van der Waals surface area (Å²) in [6, 6.07) is 0. The summed E-state index contributed by atoms with van der Waals surface area (Å²) >= 11 is 0. The van der Waals surface area contributed by atoms with Gasteiger partial charge >= 0.3 is 12.1 Å². The van der Waals surface area contributed by atoms with Crippen LogP contribution in [0.3, 0.4) is 0 Å². The van der Waals surface area contributed by atoms with E-state index in [4.69, 9.17) is 18.9 Å². The lowest BCUT2D eigenvalue weighted by molar-refractivity contribution is -0.200. The first-order chi connectivity index (χ1) is 11.0. The van der Waals surface area contributed by atoms with E-state index in [1.54, 1.807) is 0 Å². The molecule has 0 aromatic heterocycles. The molecule has 7 nitrogen and oxygen atoms in total. The maximum atomic E-state index is 11.8. The molecule has 138 valence electrons. The smallest absolute Gasteiger partial charge is 0.457 e. The first kappa shape index (κ1) is 22.1. The molecule has 0 unspecified atom stereocenters. The Morgan fingerprint density at radius 2 is 1.17 bits per heavy atom. The van der Waals surface area contributed by atoms with Crippen molar-refractivity contribution in [2.45, 2.75) is 6.18 Å². The minimum atomic E-state index is -4.97. The van der Waals surface area contributed by atoms with Crippen LogP contribution in [-0.2, 0) is 28.5 Å². The maximum absolute atomic E-state index is 11.8. The van der Waals surface area contributed by atoms with Crippen LogP contribution in [0.5, 0.6) is 0 Å². The number of rotatable bonds is 15. The molecule has 0 radical (unpaired) electrons. The summed E-state index contributed by atoms with van der Waals surface area (Å²) < 4.78 is 59.9. The number of nitrogens with one attached hydrogen (secondary N) is 1. The van der Waals surface area contributed by atoms with Gasteiger partial charge in [0.1, 0.15) is 6.61 Å². The molecule has 0 aliphatic carbocycles. The fourth-order valence-corrected chi connectivity index (χ4v) is 1.21. The largest absolute Gasteiger partial charge is 0.490 e. The standard InChI is InChI=1S/C13H24F3NO6/c1-17-2-3-19-4-5-20-6-7-21-8-9-22-10-11-23-12(18)13(14,15)16/h17H,2-11H2,1H3. The lowest BCUT2D eigenvalue weighted by Crippen LogP contribution is -2.26. The van der Waals surface area contributed by atoms with E-state index < -0.39 is 18.8 Å². The van der Waals surface area contributed by atoms with Crippen molar-refractivity contribution in [1.29, 1.82) is 0 Å². The number of alkyl halides is 3. The Kier molecular flexibility index (Phi) is 14.0. The SMILES string of the molecule is CNCCOCCOCCOCCOCCOC(=O)C(F)(F)F. The normalized spacial score (nSPS) is 11.7. The molecular formula is C13H24F3NO6. The van der Waals surface area contributed by atoms with Crippen molar-refractivity contribution in [3.05, 3.63) is 0 Å². The van der Waals surface area contributed by atoms with Gasteiger partial charge in [-0.15, -0.1) is 0 Å². The molecule has 1 N–H and O–H groups in total. The van der Waals surface area contributed by atoms with E-state index in [1.165, 1.54) is 0 Å². The van der Waals surface area contributed by atoms with E-state index in [9.17, 15) is 18.0 Å². The van der Waals surface area contributed by atoms with Gasteiger partial charge < -0.3 is 29.0 Å². The van der Waals surface area contributed by atoms with Crippen LogP contribution in [-0.4, -0.2) is 85.2 Å². The van der Waals surface area contributed by atoms with Gasteiger partial charge in [-0.3, -0.25) is 0 Å². The van der Waals surface area contributed by atoms with Crippen LogP contribution in [0.25, 0.3) is 0 Å². The molecule has 0 aliphatic heterocycles. The molecule has 0 aromatic carbocycles. The van der Waals surface area contributed by atoms with Crippen LogP contribution >= 0.6 is 0 Å². The van der Waals surface area contributed by atoms with Crippen molar-refractivity contribution in [2.24, 2.45) is 0 Å². The number of ether oxygens (including phenoxy) is 5. The third kappa shape index (κ3) is 15.7. The highest BCUT2D eigenvalue weighted by Crippen LogP contribution is 2.16. The minimum absolute atomic E-state index is 0.119. The van der Waals surface area contributed by atoms with Crippen molar-refractivity contribution in [3.8, 4) is 0 Å². The predicted octanol–water partition coefficient (Wildman–Crippen LogP) is 0.378. The maximum Gasteiger partial charge on any atom is 0.490 e. The molecular weight excluding hydrogens is 323 g/mol. The Labute approximate surface area is 133 Å². The highest BCUT2D eigenvalue weighted by molar-refractivity contribution is 5.75. The van der Waals surface area contributed by atoms with Crippen LogP contribution in [0.2, 0.25) is 0 Å². The molecule has 0 heterocycles. The third-order valence-corrected chi connectivity index (χ3v) is 2.30. The molecule has 0 fully saturated rings. The first-order valence-electron chi connectivity index (χ1n) is 7.18. The van der Waals surface area contributed by atoms with Crippen molar-refractivity contribution < 1.29 is 41.7 Å². The number of halogens is 3. The lowest BCUT2D eigenvalue weighted by atomic mass is 10.6. The van der Waals surface area contributed by atoms with Crippen LogP contribution in [0.1, 0.15) is 0 Å². The quantitative estimate of drug-likeness (QED) is 0.339. The third-order valence-electron chi connectivity index (χ3n) is 2.30.